The molecule has 3 nitrogen and oxygen atoms in total. The summed E-state index contributed by atoms with van der Waals surface area (Å²) in [5, 5.41) is 10.6. The van der Waals surface area contributed by atoms with Crippen LogP contribution < -0.4 is 0 Å². The van der Waals surface area contributed by atoms with Crippen molar-refractivity contribution in [2.45, 2.75) is 6.18 Å². The Morgan fingerprint density at radius 3 is 2.00 bits per heavy atom. The van der Waals surface area contributed by atoms with E-state index >= 15 is 0 Å². The lowest BCUT2D eigenvalue weighted by Crippen LogP contribution is -2.03. The summed E-state index contributed by atoms with van der Waals surface area (Å²) in [6.07, 6.45) is -4.40. The summed E-state index contributed by atoms with van der Waals surface area (Å²) in [4.78, 5) is 9.99. The average Bonchev–Trinajstić information content (AvgIpc) is 2.37. The molecule has 0 bridgehead atoms. The molecule has 0 saturated heterocycles. The number of benzene rings is 2. The van der Waals surface area contributed by atoms with Gasteiger partial charge in [0.1, 0.15) is 5.02 Å². The van der Waals surface area contributed by atoms with E-state index in [1.165, 1.54) is 30.3 Å². The lowest BCUT2D eigenvalue weighted by Gasteiger charge is -2.08. The van der Waals surface area contributed by atoms with Gasteiger partial charge in [0.2, 0.25) is 0 Å². The van der Waals surface area contributed by atoms with Crippen LogP contribution in [0.3, 0.4) is 0 Å². The van der Waals surface area contributed by atoms with Crippen LogP contribution in [-0.4, -0.2) is 4.92 Å². The number of nitro benzene ring substituents is 1. The van der Waals surface area contributed by atoms with Gasteiger partial charge in [-0.1, -0.05) is 23.7 Å². The van der Waals surface area contributed by atoms with Gasteiger partial charge in [0.25, 0.3) is 5.69 Å². The predicted molar refractivity (Wildman–Crippen MR) is 68.5 cm³/mol. The van der Waals surface area contributed by atoms with Gasteiger partial charge in [0.15, 0.2) is 0 Å². The summed E-state index contributed by atoms with van der Waals surface area (Å²) in [5.41, 5.74) is 0.000657. The van der Waals surface area contributed by atoms with Crippen molar-refractivity contribution in [3.63, 3.8) is 0 Å². The molecule has 0 fully saturated rings. The van der Waals surface area contributed by atoms with Crippen molar-refractivity contribution < 1.29 is 18.1 Å². The van der Waals surface area contributed by atoms with Crippen molar-refractivity contribution in [1.29, 1.82) is 0 Å². The van der Waals surface area contributed by atoms with Crippen molar-refractivity contribution in [2.75, 3.05) is 0 Å². The third-order valence-corrected chi connectivity index (χ3v) is 2.99. The molecule has 0 saturated carbocycles. The van der Waals surface area contributed by atoms with Gasteiger partial charge in [0, 0.05) is 6.07 Å². The van der Waals surface area contributed by atoms with E-state index < -0.39 is 16.7 Å². The zero-order valence-corrected chi connectivity index (χ0v) is 10.6. The van der Waals surface area contributed by atoms with Crippen molar-refractivity contribution in [3.05, 3.63) is 63.2 Å². The van der Waals surface area contributed by atoms with E-state index in [1.807, 2.05) is 0 Å². The van der Waals surface area contributed by atoms with Gasteiger partial charge in [0.05, 0.1) is 10.5 Å². The van der Waals surface area contributed by atoms with Crippen LogP contribution in [0, 0.1) is 10.1 Å². The molecule has 0 unspecified atom stereocenters. The molecule has 104 valence electrons. The number of hydrogen-bond acceptors (Lipinski definition) is 2. The molecule has 0 heterocycles. The van der Waals surface area contributed by atoms with E-state index in [4.69, 9.17) is 11.6 Å². The molecule has 20 heavy (non-hydrogen) atoms. The summed E-state index contributed by atoms with van der Waals surface area (Å²) in [6.45, 7) is 0. The smallest absolute Gasteiger partial charge is 0.258 e. The van der Waals surface area contributed by atoms with Gasteiger partial charge < -0.3 is 0 Å². The molecule has 2 rings (SSSR count). The summed E-state index contributed by atoms with van der Waals surface area (Å²) in [7, 11) is 0. The van der Waals surface area contributed by atoms with Gasteiger partial charge in [-0.05, 0) is 35.4 Å². The SMILES string of the molecule is O=[N+]([O-])c1ccc(-c2ccc(C(F)(F)F)cc2)cc1Cl. The Labute approximate surface area is 116 Å². The third kappa shape index (κ3) is 2.91. The third-order valence-electron chi connectivity index (χ3n) is 2.69. The molecular formula is C13H7ClF3NO2. The molecule has 0 radical (unpaired) electrons. The highest BCUT2D eigenvalue weighted by Crippen LogP contribution is 2.33. The second kappa shape index (κ2) is 5.13. The molecule has 0 N–H and O–H groups in total. The molecule has 0 aromatic heterocycles. The Bertz CT molecular complexity index is 654. The maximum atomic E-state index is 12.4. The van der Waals surface area contributed by atoms with E-state index in [2.05, 4.69) is 0 Å². The minimum atomic E-state index is -4.40. The van der Waals surface area contributed by atoms with Crippen LogP contribution in [0.2, 0.25) is 5.02 Å². The van der Waals surface area contributed by atoms with Crippen molar-refractivity contribution in [1.82, 2.24) is 0 Å². The van der Waals surface area contributed by atoms with Crippen LogP contribution in [0.1, 0.15) is 5.56 Å². The second-order valence-corrected chi connectivity index (χ2v) is 4.41. The standard InChI is InChI=1S/C13H7ClF3NO2/c14-11-7-9(3-6-12(11)18(19)20)8-1-4-10(5-2-8)13(15,16)17/h1-7H. The number of nitro groups is 1. The van der Waals surface area contributed by atoms with Crippen molar-refractivity contribution in [2.24, 2.45) is 0 Å². The van der Waals surface area contributed by atoms with Gasteiger partial charge >= 0.3 is 6.18 Å². The first-order valence-electron chi connectivity index (χ1n) is 5.40. The number of halogens is 4. The fourth-order valence-electron chi connectivity index (χ4n) is 1.69. The van der Waals surface area contributed by atoms with Crippen LogP contribution in [0.5, 0.6) is 0 Å². The number of nitrogens with zero attached hydrogens (tertiary/aromatic N) is 1. The van der Waals surface area contributed by atoms with Gasteiger partial charge in [-0.3, -0.25) is 10.1 Å². The van der Waals surface area contributed by atoms with E-state index in [1.54, 1.807) is 0 Å². The first kappa shape index (κ1) is 14.3. The largest absolute Gasteiger partial charge is 0.416 e. The summed E-state index contributed by atoms with van der Waals surface area (Å²) in [6, 6.07) is 8.49. The number of rotatable bonds is 2. The van der Waals surface area contributed by atoms with Crippen LogP contribution >= 0.6 is 11.6 Å². The maximum absolute atomic E-state index is 12.4. The molecule has 0 aliphatic rings. The Kier molecular flexibility index (Phi) is 3.67. The highest BCUT2D eigenvalue weighted by Gasteiger charge is 2.30. The molecule has 0 atom stereocenters. The predicted octanol–water partition coefficient (Wildman–Crippen LogP) is 4.93. The summed E-state index contributed by atoms with van der Waals surface area (Å²) >= 11 is 5.76. The van der Waals surface area contributed by atoms with Gasteiger partial charge in [-0.2, -0.15) is 13.2 Å². The highest BCUT2D eigenvalue weighted by atomic mass is 35.5. The van der Waals surface area contributed by atoms with Crippen LogP contribution in [0.25, 0.3) is 11.1 Å². The second-order valence-electron chi connectivity index (χ2n) is 4.00. The van der Waals surface area contributed by atoms with Gasteiger partial charge in [-0.15, -0.1) is 0 Å². The monoisotopic (exact) mass is 301 g/mol. The molecular weight excluding hydrogens is 295 g/mol. The van der Waals surface area contributed by atoms with E-state index in [-0.39, 0.29) is 10.7 Å². The summed E-state index contributed by atoms with van der Waals surface area (Å²) < 4.78 is 37.3. The Hall–Kier alpha value is -2.08. The quantitative estimate of drug-likeness (QED) is 0.583. The first-order chi connectivity index (χ1) is 9.29. The molecule has 2 aromatic carbocycles. The Morgan fingerprint density at radius 1 is 1.00 bits per heavy atom. The molecule has 0 spiro atoms. The minimum absolute atomic E-state index is 0.0626. The van der Waals surface area contributed by atoms with Crippen LogP contribution in [0.15, 0.2) is 42.5 Å². The minimum Gasteiger partial charge on any atom is -0.258 e. The highest BCUT2D eigenvalue weighted by molar-refractivity contribution is 6.32. The molecule has 0 aliphatic heterocycles. The average molecular weight is 302 g/mol. The lowest BCUT2D eigenvalue weighted by atomic mass is 10.0. The van der Waals surface area contributed by atoms with Crippen molar-refractivity contribution in [3.8, 4) is 11.1 Å². The van der Waals surface area contributed by atoms with Crippen molar-refractivity contribution >= 4 is 17.3 Å². The van der Waals surface area contributed by atoms with Gasteiger partial charge in [-0.25, -0.2) is 0 Å². The van der Waals surface area contributed by atoms with E-state index in [0.717, 1.165) is 12.1 Å². The topological polar surface area (TPSA) is 43.1 Å². The molecule has 0 aliphatic carbocycles. The van der Waals surface area contributed by atoms with E-state index in [9.17, 15) is 23.3 Å². The molecule has 7 heteroatoms. The first-order valence-corrected chi connectivity index (χ1v) is 5.78. The number of hydrogen-bond donors (Lipinski definition) is 0. The molecule has 0 amide bonds. The fraction of sp³-hybridized carbons (Fsp3) is 0.0769. The number of alkyl halides is 3. The fourth-order valence-corrected chi connectivity index (χ4v) is 1.94. The van der Waals surface area contributed by atoms with E-state index in [0.29, 0.717) is 11.1 Å². The molecule has 2 aromatic rings. The Balaban J connectivity index is 2.37. The lowest BCUT2D eigenvalue weighted by molar-refractivity contribution is -0.384. The van der Waals surface area contributed by atoms with Crippen LogP contribution in [0.4, 0.5) is 18.9 Å². The zero-order chi connectivity index (χ0) is 14.9. The Morgan fingerprint density at radius 2 is 1.55 bits per heavy atom. The maximum Gasteiger partial charge on any atom is 0.416 e. The summed E-state index contributed by atoms with van der Waals surface area (Å²) in [5.74, 6) is 0. The zero-order valence-electron chi connectivity index (χ0n) is 9.82. The van der Waals surface area contributed by atoms with Crippen LogP contribution in [-0.2, 0) is 6.18 Å². The normalized spacial score (nSPS) is 11.4.